The van der Waals surface area contributed by atoms with Gasteiger partial charge in [0.25, 0.3) is 5.91 Å². The van der Waals surface area contributed by atoms with Crippen LogP contribution in [0.5, 0.6) is 5.75 Å². The summed E-state index contributed by atoms with van der Waals surface area (Å²) < 4.78 is 6.41. The number of carbonyl (C=O) groups excluding carboxylic acids is 1. The van der Waals surface area contributed by atoms with Crippen LogP contribution in [0.2, 0.25) is 5.02 Å². The third kappa shape index (κ3) is 4.49. The molecule has 1 atom stereocenters. The lowest BCUT2D eigenvalue weighted by Crippen LogP contribution is -2.31. The van der Waals surface area contributed by atoms with Gasteiger partial charge in [-0.05, 0) is 59.5 Å². The summed E-state index contributed by atoms with van der Waals surface area (Å²) in [7, 11) is 0. The van der Waals surface area contributed by atoms with Crippen LogP contribution in [0.25, 0.3) is 0 Å². The van der Waals surface area contributed by atoms with Crippen molar-refractivity contribution in [3.8, 4) is 5.75 Å². The number of aryl methyl sites for hydroxylation is 1. The molecular weight excluding hydrogens is 378 g/mol. The van der Waals surface area contributed by atoms with Crippen molar-refractivity contribution in [2.45, 2.75) is 26.8 Å². The summed E-state index contributed by atoms with van der Waals surface area (Å²) in [5.41, 5.74) is 2.88. The van der Waals surface area contributed by atoms with Crippen molar-refractivity contribution in [1.29, 1.82) is 0 Å². The zero-order valence-electron chi connectivity index (χ0n) is 13.3. The van der Waals surface area contributed by atoms with E-state index in [0.717, 1.165) is 21.2 Å². The lowest BCUT2D eigenvalue weighted by atomic mass is 10.1. The summed E-state index contributed by atoms with van der Waals surface area (Å²) >= 11 is 9.65. The number of nitrogens with one attached hydrogen (secondary N) is 1. The fourth-order valence-electron chi connectivity index (χ4n) is 2.26. The molecule has 1 N–H and O–H groups in total. The highest BCUT2D eigenvalue weighted by molar-refractivity contribution is 9.10. The van der Waals surface area contributed by atoms with E-state index in [9.17, 15) is 4.79 Å². The van der Waals surface area contributed by atoms with E-state index < -0.39 is 0 Å². The highest BCUT2D eigenvalue weighted by Gasteiger charge is 2.14. The van der Waals surface area contributed by atoms with Crippen LogP contribution in [0.15, 0.2) is 40.9 Å². The molecule has 0 spiro atoms. The largest absolute Gasteiger partial charge is 0.483 e. The quantitative estimate of drug-likeness (QED) is 0.774. The van der Waals surface area contributed by atoms with Crippen molar-refractivity contribution in [2.75, 3.05) is 6.61 Å². The Kier molecular flexibility index (Phi) is 6.08. The second kappa shape index (κ2) is 7.84. The van der Waals surface area contributed by atoms with E-state index in [1.54, 1.807) is 0 Å². The fourth-order valence-corrected chi connectivity index (χ4v) is 2.95. The highest BCUT2D eigenvalue weighted by atomic mass is 79.9. The van der Waals surface area contributed by atoms with Gasteiger partial charge in [0.05, 0.1) is 10.5 Å². The standard InChI is InChI=1S/C18H19BrClNO2/c1-11-9-15(17(19)12(2)18(11)20)23-10-16(22)21-13(3)14-7-5-4-6-8-14/h4-9,13H,10H2,1-3H3,(H,21,22). The first-order valence-electron chi connectivity index (χ1n) is 7.32. The average molecular weight is 397 g/mol. The molecule has 5 heteroatoms. The van der Waals surface area contributed by atoms with Gasteiger partial charge >= 0.3 is 0 Å². The minimum atomic E-state index is -0.168. The first-order valence-corrected chi connectivity index (χ1v) is 8.49. The molecule has 0 aliphatic rings. The van der Waals surface area contributed by atoms with Gasteiger partial charge in [-0.3, -0.25) is 4.79 Å². The minimum absolute atomic E-state index is 0.0454. The van der Waals surface area contributed by atoms with Gasteiger partial charge in [-0.2, -0.15) is 0 Å². The second-order valence-electron chi connectivity index (χ2n) is 5.43. The number of halogens is 2. The Balaban J connectivity index is 1.97. The number of hydrogen-bond donors (Lipinski definition) is 1. The maximum Gasteiger partial charge on any atom is 0.258 e. The maximum atomic E-state index is 12.1. The third-order valence-electron chi connectivity index (χ3n) is 3.60. The van der Waals surface area contributed by atoms with E-state index in [4.69, 9.17) is 16.3 Å². The van der Waals surface area contributed by atoms with Crippen LogP contribution < -0.4 is 10.1 Å². The van der Waals surface area contributed by atoms with Crippen LogP contribution >= 0.6 is 27.5 Å². The van der Waals surface area contributed by atoms with Crippen LogP contribution in [-0.4, -0.2) is 12.5 Å². The highest BCUT2D eigenvalue weighted by Crippen LogP contribution is 2.35. The molecule has 1 unspecified atom stereocenters. The molecule has 122 valence electrons. The van der Waals surface area contributed by atoms with Gasteiger partial charge in [-0.15, -0.1) is 0 Å². The zero-order valence-corrected chi connectivity index (χ0v) is 15.7. The predicted molar refractivity (Wildman–Crippen MR) is 97.1 cm³/mol. The fraction of sp³-hybridized carbons (Fsp3) is 0.278. The van der Waals surface area contributed by atoms with E-state index in [1.807, 2.05) is 57.2 Å². The molecule has 0 saturated carbocycles. The lowest BCUT2D eigenvalue weighted by Gasteiger charge is -2.16. The van der Waals surface area contributed by atoms with Crippen LogP contribution in [0.3, 0.4) is 0 Å². The Morgan fingerprint density at radius 3 is 2.61 bits per heavy atom. The SMILES string of the molecule is Cc1cc(OCC(=O)NC(C)c2ccccc2)c(Br)c(C)c1Cl. The Labute approximate surface area is 150 Å². The maximum absolute atomic E-state index is 12.1. The van der Waals surface area contributed by atoms with Crippen molar-refractivity contribution in [3.63, 3.8) is 0 Å². The van der Waals surface area contributed by atoms with E-state index >= 15 is 0 Å². The average Bonchev–Trinajstić information content (AvgIpc) is 2.55. The molecule has 0 aliphatic carbocycles. The Morgan fingerprint density at radius 2 is 1.96 bits per heavy atom. The molecule has 2 aromatic rings. The van der Waals surface area contributed by atoms with Gasteiger partial charge in [-0.1, -0.05) is 41.9 Å². The molecule has 0 aromatic heterocycles. The summed E-state index contributed by atoms with van der Waals surface area (Å²) in [5, 5.41) is 3.62. The number of rotatable bonds is 5. The van der Waals surface area contributed by atoms with Crippen LogP contribution in [0.1, 0.15) is 29.7 Å². The molecule has 0 aliphatic heterocycles. The Bertz CT molecular complexity index is 704. The van der Waals surface area contributed by atoms with Crippen molar-refractivity contribution in [1.82, 2.24) is 5.32 Å². The topological polar surface area (TPSA) is 38.3 Å². The van der Waals surface area contributed by atoms with E-state index in [0.29, 0.717) is 10.8 Å². The predicted octanol–water partition coefficient (Wildman–Crippen LogP) is 4.98. The van der Waals surface area contributed by atoms with E-state index in [2.05, 4.69) is 21.2 Å². The smallest absolute Gasteiger partial charge is 0.258 e. The van der Waals surface area contributed by atoms with Crippen LogP contribution in [-0.2, 0) is 4.79 Å². The van der Waals surface area contributed by atoms with E-state index in [-0.39, 0.29) is 18.6 Å². The van der Waals surface area contributed by atoms with Gasteiger partial charge in [0.2, 0.25) is 0 Å². The number of carbonyl (C=O) groups is 1. The minimum Gasteiger partial charge on any atom is -0.483 e. The number of hydrogen-bond acceptors (Lipinski definition) is 2. The molecule has 1 amide bonds. The Hall–Kier alpha value is -1.52. The molecule has 2 rings (SSSR count). The third-order valence-corrected chi connectivity index (χ3v) is 5.17. The first kappa shape index (κ1) is 17.8. The van der Waals surface area contributed by atoms with Crippen molar-refractivity contribution in [3.05, 3.63) is 62.6 Å². The lowest BCUT2D eigenvalue weighted by molar-refractivity contribution is -0.123. The summed E-state index contributed by atoms with van der Waals surface area (Å²) in [6.07, 6.45) is 0. The van der Waals surface area contributed by atoms with Gasteiger partial charge in [0, 0.05) is 5.02 Å². The summed E-state index contributed by atoms with van der Waals surface area (Å²) in [4.78, 5) is 12.1. The van der Waals surface area contributed by atoms with Gasteiger partial charge in [0.1, 0.15) is 5.75 Å². The molecule has 23 heavy (non-hydrogen) atoms. The summed E-state index contributed by atoms with van der Waals surface area (Å²) in [5.74, 6) is 0.449. The summed E-state index contributed by atoms with van der Waals surface area (Å²) in [6, 6.07) is 11.6. The van der Waals surface area contributed by atoms with Crippen LogP contribution in [0.4, 0.5) is 0 Å². The molecule has 0 bridgehead atoms. The van der Waals surface area contributed by atoms with E-state index in [1.165, 1.54) is 0 Å². The zero-order chi connectivity index (χ0) is 17.0. The molecule has 3 nitrogen and oxygen atoms in total. The first-order chi connectivity index (χ1) is 10.9. The van der Waals surface area contributed by atoms with Crippen molar-refractivity contribution in [2.24, 2.45) is 0 Å². The molecule has 0 fully saturated rings. The van der Waals surface area contributed by atoms with Gasteiger partial charge < -0.3 is 10.1 Å². The molecule has 2 aromatic carbocycles. The molecular formula is C18H19BrClNO2. The Morgan fingerprint density at radius 1 is 1.30 bits per heavy atom. The second-order valence-corrected chi connectivity index (χ2v) is 6.60. The molecule has 0 saturated heterocycles. The molecule has 0 heterocycles. The number of benzene rings is 2. The monoisotopic (exact) mass is 395 g/mol. The van der Waals surface area contributed by atoms with Gasteiger partial charge in [-0.25, -0.2) is 0 Å². The summed E-state index contributed by atoms with van der Waals surface area (Å²) in [6.45, 7) is 5.71. The van der Waals surface area contributed by atoms with Crippen LogP contribution in [0, 0.1) is 13.8 Å². The van der Waals surface area contributed by atoms with Gasteiger partial charge in [0.15, 0.2) is 6.61 Å². The van der Waals surface area contributed by atoms with Crippen molar-refractivity contribution >= 4 is 33.4 Å². The normalized spacial score (nSPS) is 11.9. The number of ether oxygens (including phenoxy) is 1. The van der Waals surface area contributed by atoms with Crippen molar-refractivity contribution < 1.29 is 9.53 Å². The number of amides is 1. The molecule has 0 radical (unpaired) electrons.